The molecule has 1 aliphatic carbocycles. The van der Waals surface area contributed by atoms with Crippen LogP contribution in [0.4, 0.5) is 11.4 Å². The Kier molecular flexibility index (Phi) is 5.91. The first kappa shape index (κ1) is 19.2. The van der Waals surface area contributed by atoms with Crippen molar-refractivity contribution in [1.82, 2.24) is 0 Å². The number of ether oxygens (including phenoxy) is 1. The number of fused-ring (bicyclic) bond motifs is 1. The number of anilines is 2. The fraction of sp³-hybridized carbons (Fsp3) is 0.682. The second kappa shape index (κ2) is 7.99. The van der Waals surface area contributed by atoms with E-state index in [1.165, 1.54) is 30.5 Å². The number of hydrogen-bond acceptors (Lipinski definition) is 3. The van der Waals surface area contributed by atoms with Gasteiger partial charge in [0, 0.05) is 41.9 Å². The molecule has 4 nitrogen and oxygen atoms in total. The van der Waals surface area contributed by atoms with Crippen LogP contribution >= 0.6 is 0 Å². The smallest absolute Gasteiger partial charge is 0.227 e. The molecule has 1 N–H and O–H groups in total. The Morgan fingerprint density at radius 3 is 2.69 bits per heavy atom. The molecule has 2 aliphatic rings. The molecule has 0 saturated heterocycles. The van der Waals surface area contributed by atoms with Crippen LogP contribution in [0.15, 0.2) is 18.2 Å². The molecule has 0 spiro atoms. The average molecular weight is 359 g/mol. The predicted octanol–water partition coefficient (Wildman–Crippen LogP) is 4.73. The van der Waals surface area contributed by atoms with E-state index in [2.05, 4.69) is 49.2 Å². The molecule has 1 aliphatic heterocycles. The van der Waals surface area contributed by atoms with Crippen molar-refractivity contribution in [2.75, 3.05) is 30.0 Å². The number of amides is 1. The lowest BCUT2D eigenvalue weighted by atomic mass is 9.81. The van der Waals surface area contributed by atoms with E-state index in [4.69, 9.17) is 4.74 Å². The van der Waals surface area contributed by atoms with Crippen molar-refractivity contribution >= 4 is 17.3 Å². The predicted molar refractivity (Wildman–Crippen MR) is 108 cm³/mol. The van der Waals surface area contributed by atoms with Crippen molar-refractivity contribution in [3.8, 4) is 0 Å². The Hall–Kier alpha value is -1.55. The van der Waals surface area contributed by atoms with Gasteiger partial charge < -0.3 is 15.0 Å². The van der Waals surface area contributed by atoms with Gasteiger partial charge in [0.05, 0.1) is 6.61 Å². The quantitative estimate of drug-likeness (QED) is 0.748. The standard InChI is InChI=1S/C22H34N2O2/c1-5-26-14-13-24-16(2)22(3,4)19-12-11-18(15-20(19)24)23-21(25)17-9-7-6-8-10-17/h11-12,15-17H,5-10,13-14H2,1-4H3,(H,23,25). The number of hydrogen-bond donors (Lipinski definition) is 1. The maximum atomic E-state index is 12.6. The van der Waals surface area contributed by atoms with Crippen LogP contribution in [0.25, 0.3) is 0 Å². The average Bonchev–Trinajstić information content (AvgIpc) is 2.83. The van der Waals surface area contributed by atoms with Crippen LogP contribution in [-0.4, -0.2) is 31.7 Å². The highest BCUT2D eigenvalue weighted by atomic mass is 16.5. The molecule has 1 aromatic carbocycles. The molecule has 144 valence electrons. The van der Waals surface area contributed by atoms with Crippen molar-refractivity contribution in [3.05, 3.63) is 23.8 Å². The summed E-state index contributed by atoms with van der Waals surface area (Å²) in [6.45, 7) is 11.3. The molecule has 1 amide bonds. The molecule has 1 saturated carbocycles. The molecular weight excluding hydrogens is 324 g/mol. The van der Waals surface area contributed by atoms with Gasteiger partial charge in [-0.15, -0.1) is 0 Å². The van der Waals surface area contributed by atoms with Crippen molar-refractivity contribution in [3.63, 3.8) is 0 Å². The highest BCUT2D eigenvalue weighted by Gasteiger charge is 2.41. The van der Waals surface area contributed by atoms with E-state index in [0.29, 0.717) is 6.04 Å². The van der Waals surface area contributed by atoms with Gasteiger partial charge in [-0.2, -0.15) is 0 Å². The van der Waals surface area contributed by atoms with Crippen LogP contribution in [0.2, 0.25) is 0 Å². The van der Waals surface area contributed by atoms with Gasteiger partial charge in [-0.3, -0.25) is 4.79 Å². The first-order chi connectivity index (χ1) is 12.4. The van der Waals surface area contributed by atoms with Gasteiger partial charge in [-0.05, 0) is 44.4 Å². The first-order valence-electron chi connectivity index (χ1n) is 10.2. The van der Waals surface area contributed by atoms with Crippen molar-refractivity contribution in [1.29, 1.82) is 0 Å². The molecule has 0 bridgehead atoms. The Labute approximate surface area is 158 Å². The monoisotopic (exact) mass is 358 g/mol. The van der Waals surface area contributed by atoms with Crippen molar-refractivity contribution < 1.29 is 9.53 Å². The van der Waals surface area contributed by atoms with Gasteiger partial charge in [-0.25, -0.2) is 0 Å². The number of nitrogens with zero attached hydrogens (tertiary/aromatic N) is 1. The summed E-state index contributed by atoms with van der Waals surface area (Å²) in [5.74, 6) is 0.372. The zero-order valence-corrected chi connectivity index (χ0v) is 16.8. The van der Waals surface area contributed by atoms with Gasteiger partial charge in [0.1, 0.15) is 0 Å². The van der Waals surface area contributed by atoms with E-state index in [0.717, 1.165) is 38.3 Å². The second-order valence-corrected chi connectivity index (χ2v) is 8.34. The third-order valence-electron chi connectivity index (χ3n) is 6.44. The minimum absolute atomic E-state index is 0.0907. The van der Waals surface area contributed by atoms with E-state index >= 15 is 0 Å². The Morgan fingerprint density at radius 2 is 2.00 bits per heavy atom. The summed E-state index contributed by atoms with van der Waals surface area (Å²) >= 11 is 0. The number of benzene rings is 1. The molecule has 1 aromatic rings. The highest BCUT2D eigenvalue weighted by molar-refractivity contribution is 5.93. The lowest BCUT2D eigenvalue weighted by molar-refractivity contribution is -0.120. The molecule has 1 unspecified atom stereocenters. The molecule has 0 aromatic heterocycles. The van der Waals surface area contributed by atoms with E-state index in [1.54, 1.807) is 0 Å². The molecule has 3 rings (SSSR count). The van der Waals surface area contributed by atoms with Crippen LogP contribution in [0.5, 0.6) is 0 Å². The minimum atomic E-state index is 0.0907. The zero-order valence-electron chi connectivity index (χ0n) is 16.8. The topological polar surface area (TPSA) is 41.6 Å². The first-order valence-corrected chi connectivity index (χ1v) is 10.2. The number of rotatable bonds is 6. The highest BCUT2D eigenvalue weighted by Crippen LogP contribution is 2.46. The van der Waals surface area contributed by atoms with E-state index < -0.39 is 0 Å². The molecular formula is C22H34N2O2. The summed E-state index contributed by atoms with van der Waals surface area (Å²) < 4.78 is 5.59. The third kappa shape index (κ3) is 3.75. The fourth-order valence-corrected chi connectivity index (χ4v) is 4.45. The van der Waals surface area contributed by atoms with Crippen molar-refractivity contribution in [2.45, 2.75) is 71.3 Å². The van der Waals surface area contributed by atoms with E-state index in [-0.39, 0.29) is 17.2 Å². The summed E-state index contributed by atoms with van der Waals surface area (Å²) in [5.41, 5.74) is 3.61. The van der Waals surface area contributed by atoms with E-state index in [9.17, 15) is 4.79 Å². The summed E-state index contributed by atoms with van der Waals surface area (Å²) in [7, 11) is 0. The SMILES string of the molecule is CCOCCN1c2cc(NC(=O)C3CCCCC3)ccc2C(C)(C)C1C. The van der Waals surface area contributed by atoms with Crippen LogP contribution in [0.3, 0.4) is 0 Å². The third-order valence-corrected chi connectivity index (χ3v) is 6.44. The van der Waals surface area contributed by atoms with Crippen LogP contribution in [0.1, 0.15) is 65.4 Å². The van der Waals surface area contributed by atoms with Gasteiger partial charge in [0.25, 0.3) is 0 Å². The number of carbonyl (C=O) groups is 1. The van der Waals surface area contributed by atoms with Gasteiger partial charge in [0.15, 0.2) is 0 Å². The summed E-state index contributed by atoms with van der Waals surface area (Å²) in [6, 6.07) is 6.83. The fourth-order valence-electron chi connectivity index (χ4n) is 4.45. The Morgan fingerprint density at radius 1 is 1.27 bits per heavy atom. The largest absolute Gasteiger partial charge is 0.380 e. The number of nitrogens with one attached hydrogen (secondary N) is 1. The number of carbonyl (C=O) groups excluding carboxylic acids is 1. The van der Waals surface area contributed by atoms with Gasteiger partial charge in [0.2, 0.25) is 5.91 Å². The Balaban J connectivity index is 1.78. The van der Waals surface area contributed by atoms with E-state index in [1.807, 2.05) is 6.92 Å². The van der Waals surface area contributed by atoms with Crippen LogP contribution in [0, 0.1) is 5.92 Å². The lowest BCUT2D eigenvalue weighted by Gasteiger charge is -2.31. The molecule has 1 fully saturated rings. The molecule has 1 heterocycles. The van der Waals surface area contributed by atoms with Crippen LogP contribution in [-0.2, 0) is 14.9 Å². The maximum absolute atomic E-state index is 12.6. The summed E-state index contributed by atoms with van der Waals surface area (Å²) in [4.78, 5) is 15.0. The van der Waals surface area contributed by atoms with Gasteiger partial charge in [-0.1, -0.05) is 39.2 Å². The summed E-state index contributed by atoms with van der Waals surface area (Å²) in [5, 5.41) is 3.17. The zero-order chi connectivity index (χ0) is 18.7. The molecule has 4 heteroatoms. The van der Waals surface area contributed by atoms with Crippen molar-refractivity contribution in [2.24, 2.45) is 5.92 Å². The molecule has 0 radical (unpaired) electrons. The maximum Gasteiger partial charge on any atom is 0.227 e. The lowest BCUT2D eigenvalue weighted by Crippen LogP contribution is -2.40. The summed E-state index contributed by atoms with van der Waals surface area (Å²) in [6.07, 6.45) is 5.69. The van der Waals surface area contributed by atoms with Crippen LogP contribution < -0.4 is 10.2 Å². The second-order valence-electron chi connectivity index (χ2n) is 8.34. The normalized spacial score (nSPS) is 22.3. The Bertz CT molecular complexity index is 635. The van der Waals surface area contributed by atoms with Gasteiger partial charge >= 0.3 is 0 Å². The minimum Gasteiger partial charge on any atom is -0.380 e. The molecule has 1 atom stereocenters. The molecule has 26 heavy (non-hydrogen) atoms.